The fraction of sp³-hybridized carbons (Fsp3) is 0.903. The molecule has 0 atom stereocenters. The number of nitrogens with zero attached hydrogens (tertiary/aromatic N) is 2. The van der Waals surface area contributed by atoms with Crippen molar-refractivity contribution in [1.29, 1.82) is 0 Å². The quantitative estimate of drug-likeness (QED) is 0.101. The highest BCUT2D eigenvalue weighted by Gasteiger charge is 2.16. The molecule has 1 aromatic rings. The minimum atomic E-state index is 1.22. The molecule has 0 aliphatic rings. The van der Waals surface area contributed by atoms with Crippen molar-refractivity contribution >= 4 is 0 Å². The molecule has 0 aliphatic heterocycles. The predicted molar refractivity (Wildman–Crippen MR) is 147 cm³/mol. The van der Waals surface area contributed by atoms with Crippen molar-refractivity contribution in [2.75, 3.05) is 0 Å². The molecule has 0 amide bonds. The van der Waals surface area contributed by atoms with Crippen molar-refractivity contribution in [2.24, 2.45) is 0 Å². The summed E-state index contributed by atoms with van der Waals surface area (Å²) in [4.78, 5) is 0. The van der Waals surface area contributed by atoms with Gasteiger partial charge in [0.15, 0.2) is 0 Å². The van der Waals surface area contributed by atoms with E-state index in [1.165, 1.54) is 161 Å². The van der Waals surface area contributed by atoms with Gasteiger partial charge in [-0.1, -0.05) is 130 Å². The molecule has 33 heavy (non-hydrogen) atoms. The normalized spacial score (nSPS) is 11.5. The molecule has 0 aromatic carbocycles. The molecule has 2 nitrogen and oxygen atoms in total. The molecule has 0 spiro atoms. The van der Waals surface area contributed by atoms with Crippen LogP contribution in [0.5, 0.6) is 0 Å². The smallest absolute Gasteiger partial charge is 0.234 e. The van der Waals surface area contributed by atoms with E-state index < -0.39 is 0 Å². The largest absolute Gasteiger partial charge is 0.256 e. The maximum atomic E-state index is 2.60. The molecule has 0 saturated carbocycles. The molecule has 0 N–H and O–H groups in total. The number of unbranched alkanes of at least 4 members (excludes halogenated alkanes) is 19. The fourth-order valence-electron chi connectivity index (χ4n) is 5.09. The van der Waals surface area contributed by atoms with Crippen LogP contribution in [-0.4, -0.2) is 4.57 Å². The maximum Gasteiger partial charge on any atom is 0.256 e. The van der Waals surface area contributed by atoms with Crippen LogP contribution in [0.4, 0.5) is 0 Å². The first kappa shape index (κ1) is 30.2. The van der Waals surface area contributed by atoms with Gasteiger partial charge in [0.05, 0.1) is 13.1 Å². The van der Waals surface area contributed by atoms with Gasteiger partial charge in [0.1, 0.15) is 12.4 Å². The average molecular weight is 462 g/mol. The molecule has 0 unspecified atom stereocenters. The first-order valence-corrected chi connectivity index (χ1v) is 15.4. The van der Waals surface area contributed by atoms with Crippen LogP contribution in [0.25, 0.3) is 0 Å². The summed E-state index contributed by atoms with van der Waals surface area (Å²) in [6.45, 7) is 9.37. The van der Waals surface area contributed by atoms with Crippen LogP contribution < -0.4 is 4.57 Å². The van der Waals surface area contributed by atoms with E-state index in [0.717, 1.165) is 0 Å². The summed E-state index contributed by atoms with van der Waals surface area (Å²) in [6.07, 6.45) is 37.0. The first-order valence-electron chi connectivity index (χ1n) is 15.4. The molecule has 0 aliphatic carbocycles. The van der Waals surface area contributed by atoms with Crippen LogP contribution in [0.2, 0.25) is 0 Å². The lowest BCUT2D eigenvalue weighted by atomic mass is 10.1. The number of imidazole rings is 1. The van der Waals surface area contributed by atoms with Crippen LogP contribution in [0.1, 0.15) is 168 Å². The van der Waals surface area contributed by atoms with Gasteiger partial charge in [0.25, 0.3) is 5.82 Å². The van der Waals surface area contributed by atoms with E-state index in [4.69, 9.17) is 0 Å². The van der Waals surface area contributed by atoms with E-state index in [0.29, 0.717) is 0 Å². The summed E-state index contributed by atoms with van der Waals surface area (Å²) < 4.78 is 5.18. The molecule has 0 fully saturated rings. The lowest BCUT2D eigenvalue weighted by molar-refractivity contribution is -0.704. The summed E-state index contributed by atoms with van der Waals surface area (Å²) in [5.74, 6) is 1.60. The van der Waals surface area contributed by atoms with Gasteiger partial charge in [0, 0.05) is 6.42 Å². The van der Waals surface area contributed by atoms with Crippen LogP contribution in [0, 0.1) is 0 Å². The third kappa shape index (κ3) is 16.5. The second-order valence-electron chi connectivity index (χ2n) is 10.6. The first-order chi connectivity index (χ1) is 16.3. The van der Waals surface area contributed by atoms with E-state index in [1.54, 1.807) is 5.82 Å². The van der Waals surface area contributed by atoms with Crippen molar-refractivity contribution in [2.45, 2.75) is 182 Å². The summed E-state index contributed by atoms with van der Waals surface area (Å²) in [5, 5.41) is 0. The van der Waals surface area contributed by atoms with Crippen molar-refractivity contribution in [3.63, 3.8) is 0 Å². The topological polar surface area (TPSA) is 8.81 Å². The standard InChI is InChI=1S/C31H61N2/c1-4-7-10-13-15-16-17-18-19-20-22-25-28-33-30-29-32(27-24-12-9-6-3)31(33)26-23-21-14-11-8-5-2/h29-30H,4-28H2,1-3H3/q+1. The highest BCUT2D eigenvalue weighted by atomic mass is 15.1. The highest BCUT2D eigenvalue weighted by Crippen LogP contribution is 2.13. The minimum Gasteiger partial charge on any atom is -0.234 e. The van der Waals surface area contributed by atoms with E-state index in [1.807, 2.05) is 0 Å². The number of hydrogen-bond donors (Lipinski definition) is 0. The average Bonchev–Trinajstić information content (AvgIpc) is 3.21. The summed E-state index contributed by atoms with van der Waals surface area (Å²) in [5.41, 5.74) is 0. The number of rotatable bonds is 25. The van der Waals surface area contributed by atoms with Gasteiger partial charge in [0.2, 0.25) is 0 Å². The molecular weight excluding hydrogens is 400 g/mol. The highest BCUT2D eigenvalue weighted by molar-refractivity contribution is 4.84. The zero-order valence-corrected chi connectivity index (χ0v) is 23.2. The van der Waals surface area contributed by atoms with Gasteiger partial charge in [-0.15, -0.1) is 0 Å². The van der Waals surface area contributed by atoms with Gasteiger partial charge in [-0.2, -0.15) is 0 Å². The van der Waals surface area contributed by atoms with Gasteiger partial charge >= 0.3 is 0 Å². The number of hydrogen-bond acceptors (Lipinski definition) is 0. The molecule has 0 radical (unpaired) electrons. The Bertz CT molecular complexity index is 519. The molecule has 1 rings (SSSR count). The number of aryl methyl sites for hydroxylation is 2. The van der Waals surface area contributed by atoms with E-state index in [-0.39, 0.29) is 0 Å². The van der Waals surface area contributed by atoms with Gasteiger partial charge in [-0.3, -0.25) is 0 Å². The molecule has 0 saturated heterocycles. The molecule has 1 heterocycles. The molecular formula is C31H61N2+. The summed E-state index contributed by atoms with van der Waals surface area (Å²) in [6, 6.07) is 0. The Morgan fingerprint density at radius 1 is 0.515 bits per heavy atom. The zero-order valence-electron chi connectivity index (χ0n) is 23.2. The SMILES string of the molecule is CCCCCCCCCCCCCC[n+]1ccn(CCCCCC)c1CCCCCCCC. The fourth-order valence-corrected chi connectivity index (χ4v) is 5.09. The number of aromatic nitrogens is 2. The van der Waals surface area contributed by atoms with Crippen molar-refractivity contribution in [1.82, 2.24) is 4.57 Å². The Labute approximate surface area is 208 Å². The Balaban J connectivity index is 2.26. The second-order valence-corrected chi connectivity index (χ2v) is 10.6. The van der Waals surface area contributed by atoms with Crippen LogP contribution in [0.3, 0.4) is 0 Å². The third-order valence-corrected chi connectivity index (χ3v) is 7.35. The molecule has 1 aromatic heterocycles. The molecule has 194 valence electrons. The monoisotopic (exact) mass is 461 g/mol. The van der Waals surface area contributed by atoms with Crippen LogP contribution >= 0.6 is 0 Å². The summed E-state index contributed by atoms with van der Waals surface area (Å²) in [7, 11) is 0. The molecule has 2 heteroatoms. The zero-order chi connectivity index (χ0) is 23.8. The second kappa shape index (κ2) is 23.0. The van der Waals surface area contributed by atoms with Gasteiger partial charge in [-0.05, 0) is 32.1 Å². The van der Waals surface area contributed by atoms with Crippen molar-refractivity contribution in [3.8, 4) is 0 Å². The maximum absolute atomic E-state index is 2.60. The van der Waals surface area contributed by atoms with E-state index in [9.17, 15) is 0 Å². The van der Waals surface area contributed by atoms with E-state index in [2.05, 4.69) is 42.3 Å². The molecule has 0 bridgehead atoms. The van der Waals surface area contributed by atoms with Crippen molar-refractivity contribution < 1.29 is 4.57 Å². The summed E-state index contributed by atoms with van der Waals surface area (Å²) >= 11 is 0. The Kier molecular flexibility index (Phi) is 21.1. The van der Waals surface area contributed by atoms with Gasteiger partial charge in [-0.25, -0.2) is 9.13 Å². The van der Waals surface area contributed by atoms with Crippen LogP contribution in [0.15, 0.2) is 12.4 Å². The van der Waals surface area contributed by atoms with Crippen molar-refractivity contribution in [3.05, 3.63) is 18.2 Å². The Hall–Kier alpha value is -0.790. The lowest BCUT2D eigenvalue weighted by Crippen LogP contribution is -2.37. The third-order valence-electron chi connectivity index (χ3n) is 7.35. The minimum absolute atomic E-state index is 1.22. The van der Waals surface area contributed by atoms with Gasteiger partial charge < -0.3 is 0 Å². The lowest BCUT2D eigenvalue weighted by Gasteiger charge is -2.07. The van der Waals surface area contributed by atoms with E-state index >= 15 is 0 Å². The predicted octanol–water partition coefficient (Wildman–Crippen LogP) is 9.96. The van der Waals surface area contributed by atoms with Crippen LogP contribution in [-0.2, 0) is 19.5 Å². The Morgan fingerprint density at radius 2 is 0.939 bits per heavy atom. The Morgan fingerprint density at radius 3 is 1.45 bits per heavy atom.